The molecule has 1 aliphatic heterocycles. The lowest BCUT2D eigenvalue weighted by molar-refractivity contribution is -0.253. The van der Waals surface area contributed by atoms with Crippen LogP contribution in [-0.4, -0.2) is 25.2 Å². The number of carbonyl (C=O) groups is 1. The Kier molecular flexibility index (Phi) is 5.65. The first kappa shape index (κ1) is 17.4. The molecular weight excluding hydrogens is 318 g/mol. The van der Waals surface area contributed by atoms with Gasteiger partial charge in [0.1, 0.15) is 5.75 Å². The number of cyclic esters (lactones) is 1. The van der Waals surface area contributed by atoms with Crippen molar-refractivity contribution < 1.29 is 31.8 Å². The van der Waals surface area contributed by atoms with Crippen molar-refractivity contribution in [2.24, 2.45) is 0 Å². The van der Waals surface area contributed by atoms with E-state index < -0.39 is 30.4 Å². The largest absolute Gasteiger partial charge is 0.461 e. The minimum atomic E-state index is -4.56. The van der Waals surface area contributed by atoms with E-state index in [-0.39, 0.29) is 19.0 Å². The fourth-order valence-electron chi connectivity index (χ4n) is 1.77. The summed E-state index contributed by atoms with van der Waals surface area (Å²) in [5, 5.41) is 2.49. The van der Waals surface area contributed by atoms with Gasteiger partial charge in [0.05, 0.1) is 12.6 Å². The molecule has 0 unspecified atom stereocenters. The summed E-state index contributed by atoms with van der Waals surface area (Å²) in [4.78, 5) is 11.1. The molecule has 0 aliphatic carbocycles. The molecule has 118 valence electrons. The van der Waals surface area contributed by atoms with Gasteiger partial charge in [-0.3, -0.25) is 0 Å². The second-order valence-corrected chi connectivity index (χ2v) is 4.16. The number of rotatable bonds is 4. The lowest BCUT2D eigenvalue weighted by Crippen LogP contribution is -2.35. The zero-order chi connectivity index (χ0) is 14.8. The maximum atomic E-state index is 12.8. The van der Waals surface area contributed by atoms with Crippen molar-refractivity contribution in [1.29, 1.82) is 0 Å². The third-order valence-corrected chi connectivity index (χ3v) is 2.70. The number of halogens is 5. The minimum absolute atomic E-state index is 0. The lowest BCUT2D eigenvalue weighted by Gasteiger charge is -2.24. The second-order valence-electron chi connectivity index (χ2n) is 4.16. The van der Waals surface area contributed by atoms with Gasteiger partial charge < -0.3 is 14.8 Å². The molecule has 1 fully saturated rings. The van der Waals surface area contributed by atoms with Crippen molar-refractivity contribution in [3.05, 3.63) is 29.8 Å². The molecule has 1 N–H and O–H groups in total. The van der Waals surface area contributed by atoms with Gasteiger partial charge in [-0.25, -0.2) is 4.79 Å². The summed E-state index contributed by atoms with van der Waals surface area (Å²) in [6.07, 6.45) is -8.66. The first-order valence-electron chi connectivity index (χ1n) is 5.77. The summed E-state index contributed by atoms with van der Waals surface area (Å²) in [7, 11) is 0. The van der Waals surface area contributed by atoms with Crippen molar-refractivity contribution in [2.45, 2.75) is 25.0 Å². The summed E-state index contributed by atoms with van der Waals surface area (Å²) < 4.78 is 58.4. The van der Waals surface area contributed by atoms with E-state index >= 15 is 0 Å². The maximum Gasteiger partial charge on any atom is 0.461 e. The van der Waals surface area contributed by atoms with Gasteiger partial charge in [-0.2, -0.15) is 17.6 Å². The van der Waals surface area contributed by atoms with Crippen LogP contribution in [0.1, 0.15) is 18.0 Å². The van der Waals surface area contributed by atoms with Crippen LogP contribution in [0, 0.1) is 0 Å². The van der Waals surface area contributed by atoms with Crippen LogP contribution in [0.2, 0.25) is 0 Å². The van der Waals surface area contributed by atoms with E-state index in [4.69, 9.17) is 0 Å². The maximum absolute atomic E-state index is 12.8. The van der Waals surface area contributed by atoms with Crippen molar-refractivity contribution in [2.75, 3.05) is 6.61 Å². The molecule has 0 radical (unpaired) electrons. The molecule has 1 aliphatic rings. The summed E-state index contributed by atoms with van der Waals surface area (Å²) in [5.74, 6) is -0.395. The molecule has 1 saturated heterocycles. The first-order valence-corrected chi connectivity index (χ1v) is 5.77. The minimum Gasteiger partial charge on any atom is -0.449 e. The number of benzene rings is 1. The van der Waals surface area contributed by atoms with Crippen molar-refractivity contribution in [1.82, 2.24) is 5.32 Å². The Morgan fingerprint density at radius 2 is 2.10 bits per heavy atom. The normalized spacial score (nSPS) is 18.5. The Balaban J connectivity index is 0.00000220. The van der Waals surface area contributed by atoms with Gasteiger partial charge in [-0.15, -0.1) is 12.4 Å². The zero-order valence-corrected chi connectivity index (χ0v) is 11.3. The van der Waals surface area contributed by atoms with E-state index in [2.05, 4.69) is 14.8 Å². The van der Waals surface area contributed by atoms with Crippen LogP contribution in [0.15, 0.2) is 24.3 Å². The molecule has 9 heteroatoms. The monoisotopic (exact) mass is 329 g/mol. The predicted octanol–water partition coefficient (Wildman–Crippen LogP) is 3.52. The third-order valence-electron chi connectivity index (χ3n) is 2.70. The Morgan fingerprint density at radius 1 is 1.38 bits per heavy atom. The highest BCUT2D eigenvalue weighted by Crippen LogP contribution is 2.30. The highest BCUT2D eigenvalue weighted by Gasteiger charge is 2.44. The fraction of sp³-hybridized carbons (Fsp3) is 0.417. The van der Waals surface area contributed by atoms with Gasteiger partial charge in [0, 0.05) is 6.42 Å². The molecule has 0 bridgehead atoms. The van der Waals surface area contributed by atoms with E-state index in [1.807, 2.05) is 0 Å². The molecule has 0 spiro atoms. The standard InChI is InChI=1S/C12H11F4NO3.ClH/c13-10(14)12(15,16)20-8-3-1-2-7(6-8)9-4-5-19-11(18)17-9;/h1-3,6,9-10H,4-5H2,(H,17,18);1H/t9-;/m1./s1. The second kappa shape index (κ2) is 6.84. The Morgan fingerprint density at radius 3 is 2.71 bits per heavy atom. The molecule has 2 rings (SSSR count). The average molecular weight is 330 g/mol. The number of alkyl carbamates (subject to hydrolysis) is 1. The van der Waals surface area contributed by atoms with E-state index in [1.165, 1.54) is 12.1 Å². The highest BCUT2D eigenvalue weighted by atomic mass is 35.5. The summed E-state index contributed by atoms with van der Waals surface area (Å²) >= 11 is 0. The number of alkyl halides is 4. The average Bonchev–Trinajstić information content (AvgIpc) is 2.38. The number of ether oxygens (including phenoxy) is 2. The van der Waals surface area contributed by atoms with E-state index in [9.17, 15) is 22.4 Å². The zero-order valence-electron chi connectivity index (χ0n) is 10.5. The number of amides is 1. The van der Waals surface area contributed by atoms with E-state index in [0.29, 0.717) is 12.0 Å². The van der Waals surface area contributed by atoms with Gasteiger partial charge in [-0.05, 0) is 17.7 Å². The van der Waals surface area contributed by atoms with E-state index in [1.54, 1.807) is 6.07 Å². The summed E-state index contributed by atoms with van der Waals surface area (Å²) in [6, 6.07) is 4.85. The fourth-order valence-corrected chi connectivity index (χ4v) is 1.77. The SMILES string of the molecule is Cl.O=C1N[C@@H](c2cccc(OC(F)(F)C(F)F)c2)CCO1. The summed E-state index contributed by atoms with van der Waals surface area (Å²) in [6.45, 7) is 0.189. The van der Waals surface area contributed by atoms with Gasteiger partial charge >= 0.3 is 18.6 Å². The van der Waals surface area contributed by atoms with Crippen molar-refractivity contribution >= 4 is 18.5 Å². The molecule has 0 saturated carbocycles. The quantitative estimate of drug-likeness (QED) is 0.860. The summed E-state index contributed by atoms with van der Waals surface area (Å²) in [5.41, 5.74) is 0.476. The number of nitrogens with one attached hydrogen (secondary N) is 1. The van der Waals surface area contributed by atoms with Crippen LogP contribution in [0.3, 0.4) is 0 Å². The van der Waals surface area contributed by atoms with Gasteiger partial charge in [0.2, 0.25) is 0 Å². The third kappa shape index (κ3) is 4.38. The Hall–Kier alpha value is -1.70. The lowest BCUT2D eigenvalue weighted by atomic mass is 10.0. The molecule has 0 aromatic heterocycles. The van der Waals surface area contributed by atoms with Gasteiger partial charge in [0.25, 0.3) is 0 Å². The number of hydrogen-bond acceptors (Lipinski definition) is 3. The molecule has 4 nitrogen and oxygen atoms in total. The predicted molar refractivity (Wildman–Crippen MR) is 67.1 cm³/mol. The number of hydrogen-bond donors (Lipinski definition) is 1. The number of carbonyl (C=O) groups excluding carboxylic acids is 1. The molecular formula is C12H12ClF4NO3. The first-order chi connectivity index (χ1) is 9.38. The molecule has 1 amide bonds. The molecule has 1 aromatic carbocycles. The van der Waals surface area contributed by atoms with E-state index in [0.717, 1.165) is 6.07 Å². The molecule has 1 atom stereocenters. The van der Waals surface area contributed by atoms with Gasteiger partial charge in [-0.1, -0.05) is 12.1 Å². The van der Waals surface area contributed by atoms with Crippen LogP contribution in [0.25, 0.3) is 0 Å². The Labute approximate surface area is 123 Å². The smallest absolute Gasteiger partial charge is 0.449 e. The topological polar surface area (TPSA) is 47.6 Å². The van der Waals surface area contributed by atoms with Gasteiger partial charge in [0.15, 0.2) is 0 Å². The van der Waals surface area contributed by atoms with Crippen LogP contribution >= 0.6 is 12.4 Å². The van der Waals surface area contributed by atoms with Crippen LogP contribution in [0.5, 0.6) is 5.75 Å². The molecule has 1 aromatic rings. The van der Waals surface area contributed by atoms with Crippen LogP contribution in [0.4, 0.5) is 22.4 Å². The van der Waals surface area contributed by atoms with Crippen LogP contribution < -0.4 is 10.1 Å². The highest BCUT2D eigenvalue weighted by molar-refractivity contribution is 5.85. The van der Waals surface area contributed by atoms with Crippen molar-refractivity contribution in [3.8, 4) is 5.75 Å². The van der Waals surface area contributed by atoms with Crippen LogP contribution in [-0.2, 0) is 4.74 Å². The van der Waals surface area contributed by atoms with Crippen molar-refractivity contribution in [3.63, 3.8) is 0 Å². The molecule has 21 heavy (non-hydrogen) atoms. The molecule has 1 heterocycles. The Bertz CT molecular complexity index is 501.